The van der Waals surface area contributed by atoms with E-state index in [9.17, 15) is 4.79 Å². The van der Waals surface area contributed by atoms with Crippen molar-refractivity contribution in [1.29, 1.82) is 0 Å². The third-order valence-corrected chi connectivity index (χ3v) is 4.69. The van der Waals surface area contributed by atoms with Crippen LogP contribution in [0.3, 0.4) is 0 Å². The first-order valence-corrected chi connectivity index (χ1v) is 8.65. The molecule has 0 atom stereocenters. The molecule has 24 heavy (non-hydrogen) atoms. The second kappa shape index (κ2) is 7.58. The van der Waals surface area contributed by atoms with Gasteiger partial charge >= 0.3 is 0 Å². The highest BCUT2D eigenvalue weighted by atomic mass is 35.5. The lowest BCUT2D eigenvalue weighted by atomic mass is 10.0. The molecule has 2 N–H and O–H groups in total. The number of nitrogens with zero attached hydrogens (tertiary/aromatic N) is 1. The summed E-state index contributed by atoms with van der Waals surface area (Å²) < 4.78 is 0. The molecule has 5 heteroatoms. The van der Waals surface area contributed by atoms with E-state index in [1.54, 1.807) is 25.2 Å². The van der Waals surface area contributed by atoms with Gasteiger partial charge in [-0.15, -0.1) is 0 Å². The predicted octanol–water partition coefficient (Wildman–Crippen LogP) is 3.56. The number of nitrogens with one attached hydrogen (secondary N) is 2. The lowest BCUT2D eigenvalue weighted by Gasteiger charge is -2.31. The Morgan fingerprint density at radius 3 is 2.92 bits per heavy atom. The SMILES string of the molecule is CNC(=O)c1ccc(Cl)c(NCCN2CCCc3ccccc32)c1. The summed E-state index contributed by atoms with van der Waals surface area (Å²) in [6, 6.07) is 13.9. The number of hydrogen-bond acceptors (Lipinski definition) is 3. The van der Waals surface area contributed by atoms with E-state index in [1.165, 1.54) is 17.7 Å². The number of rotatable bonds is 5. The van der Waals surface area contributed by atoms with Gasteiger partial charge in [0.1, 0.15) is 0 Å². The maximum absolute atomic E-state index is 11.7. The van der Waals surface area contributed by atoms with E-state index in [-0.39, 0.29) is 5.91 Å². The number of carbonyl (C=O) groups is 1. The lowest BCUT2D eigenvalue weighted by Crippen LogP contribution is -2.33. The molecule has 0 fully saturated rings. The van der Waals surface area contributed by atoms with Crippen molar-refractivity contribution in [2.45, 2.75) is 12.8 Å². The van der Waals surface area contributed by atoms with Crippen LogP contribution in [0.4, 0.5) is 11.4 Å². The monoisotopic (exact) mass is 343 g/mol. The molecule has 1 heterocycles. The smallest absolute Gasteiger partial charge is 0.251 e. The molecule has 4 nitrogen and oxygen atoms in total. The molecule has 1 aliphatic heterocycles. The van der Waals surface area contributed by atoms with E-state index in [0.29, 0.717) is 10.6 Å². The average Bonchev–Trinajstić information content (AvgIpc) is 2.62. The van der Waals surface area contributed by atoms with Gasteiger partial charge in [0, 0.05) is 37.9 Å². The molecule has 0 aromatic heterocycles. The molecule has 2 aromatic carbocycles. The summed E-state index contributed by atoms with van der Waals surface area (Å²) in [5.41, 5.74) is 4.15. The summed E-state index contributed by atoms with van der Waals surface area (Å²) in [5, 5.41) is 6.61. The van der Waals surface area contributed by atoms with Crippen molar-refractivity contribution in [2.75, 3.05) is 36.9 Å². The van der Waals surface area contributed by atoms with Crippen LogP contribution in [0.15, 0.2) is 42.5 Å². The normalized spacial score (nSPS) is 13.3. The van der Waals surface area contributed by atoms with Crippen molar-refractivity contribution in [3.05, 3.63) is 58.6 Å². The van der Waals surface area contributed by atoms with E-state index in [2.05, 4.69) is 39.8 Å². The van der Waals surface area contributed by atoms with Crippen molar-refractivity contribution in [2.24, 2.45) is 0 Å². The quantitative estimate of drug-likeness (QED) is 0.872. The summed E-state index contributed by atoms with van der Waals surface area (Å²) in [6.45, 7) is 2.74. The number of aryl methyl sites for hydroxylation is 1. The molecular weight excluding hydrogens is 322 g/mol. The lowest BCUT2D eigenvalue weighted by molar-refractivity contribution is 0.0963. The minimum atomic E-state index is -0.111. The number of carbonyl (C=O) groups excluding carboxylic acids is 1. The van der Waals surface area contributed by atoms with E-state index < -0.39 is 0 Å². The van der Waals surface area contributed by atoms with E-state index in [4.69, 9.17) is 11.6 Å². The Morgan fingerprint density at radius 1 is 1.25 bits per heavy atom. The van der Waals surface area contributed by atoms with Crippen LogP contribution in [0.1, 0.15) is 22.3 Å². The van der Waals surface area contributed by atoms with Gasteiger partial charge in [0.15, 0.2) is 0 Å². The van der Waals surface area contributed by atoms with Crippen LogP contribution >= 0.6 is 11.6 Å². The fourth-order valence-electron chi connectivity index (χ4n) is 3.12. The molecule has 3 rings (SSSR count). The summed E-state index contributed by atoms with van der Waals surface area (Å²) in [7, 11) is 1.62. The highest BCUT2D eigenvalue weighted by molar-refractivity contribution is 6.33. The van der Waals surface area contributed by atoms with Gasteiger partial charge in [-0.3, -0.25) is 4.79 Å². The summed E-state index contributed by atoms with van der Waals surface area (Å²) in [5.74, 6) is -0.111. The minimum Gasteiger partial charge on any atom is -0.382 e. The van der Waals surface area contributed by atoms with Crippen molar-refractivity contribution >= 4 is 28.9 Å². The van der Waals surface area contributed by atoms with Gasteiger partial charge in [0.25, 0.3) is 5.91 Å². The first-order chi connectivity index (χ1) is 11.7. The molecule has 0 aliphatic carbocycles. The number of halogens is 1. The minimum absolute atomic E-state index is 0.111. The zero-order chi connectivity index (χ0) is 16.9. The Kier molecular flexibility index (Phi) is 5.26. The van der Waals surface area contributed by atoms with Crippen LogP contribution in [0.2, 0.25) is 5.02 Å². The number of amides is 1. The van der Waals surface area contributed by atoms with Gasteiger partial charge in [-0.2, -0.15) is 0 Å². The number of fused-ring (bicyclic) bond motifs is 1. The Hall–Kier alpha value is -2.20. The summed E-state index contributed by atoms with van der Waals surface area (Å²) in [4.78, 5) is 14.2. The molecule has 0 saturated heterocycles. The van der Waals surface area contributed by atoms with Gasteiger partial charge in [0.2, 0.25) is 0 Å². The highest BCUT2D eigenvalue weighted by Crippen LogP contribution is 2.27. The fourth-order valence-corrected chi connectivity index (χ4v) is 3.30. The first-order valence-electron chi connectivity index (χ1n) is 8.27. The number of benzene rings is 2. The van der Waals surface area contributed by atoms with Gasteiger partial charge in [-0.05, 0) is 42.7 Å². The zero-order valence-electron chi connectivity index (χ0n) is 13.8. The molecule has 0 radical (unpaired) electrons. The van der Waals surface area contributed by atoms with Crippen molar-refractivity contribution in [1.82, 2.24) is 5.32 Å². The number of para-hydroxylation sites is 1. The predicted molar refractivity (Wildman–Crippen MR) is 100 cm³/mol. The zero-order valence-corrected chi connectivity index (χ0v) is 14.6. The molecule has 126 valence electrons. The number of anilines is 2. The maximum Gasteiger partial charge on any atom is 0.251 e. The Morgan fingerprint density at radius 2 is 2.08 bits per heavy atom. The summed E-state index contributed by atoms with van der Waals surface area (Å²) >= 11 is 6.24. The Balaban J connectivity index is 1.64. The van der Waals surface area contributed by atoms with Gasteiger partial charge in [0.05, 0.1) is 10.7 Å². The molecule has 1 aliphatic rings. The molecule has 2 aromatic rings. The third kappa shape index (κ3) is 3.65. The number of hydrogen-bond donors (Lipinski definition) is 2. The largest absolute Gasteiger partial charge is 0.382 e. The Labute approximate surface area is 147 Å². The molecule has 0 saturated carbocycles. The average molecular weight is 344 g/mol. The van der Waals surface area contributed by atoms with Crippen LogP contribution < -0.4 is 15.5 Å². The van der Waals surface area contributed by atoms with Gasteiger partial charge in [-0.25, -0.2) is 0 Å². The van der Waals surface area contributed by atoms with Crippen LogP contribution in [-0.4, -0.2) is 32.6 Å². The topological polar surface area (TPSA) is 44.4 Å². The van der Waals surface area contributed by atoms with Crippen LogP contribution in [0.25, 0.3) is 0 Å². The molecule has 0 bridgehead atoms. The van der Waals surface area contributed by atoms with E-state index in [1.807, 2.05) is 0 Å². The van der Waals surface area contributed by atoms with Crippen LogP contribution in [-0.2, 0) is 6.42 Å². The fraction of sp³-hybridized carbons (Fsp3) is 0.316. The molecule has 0 unspecified atom stereocenters. The van der Waals surface area contributed by atoms with E-state index in [0.717, 1.165) is 31.7 Å². The van der Waals surface area contributed by atoms with Crippen LogP contribution in [0, 0.1) is 0 Å². The molecule has 1 amide bonds. The van der Waals surface area contributed by atoms with Crippen LogP contribution in [0.5, 0.6) is 0 Å². The molecular formula is C19H22ClN3O. The van der Waals surface area contributed by atoms with Crippen molar-refractivity contribution in [3.8, 4) is 0 Å². The highest BCUT2D eigenvalue weighted by Gasteiger charge is 2.15. The van der Waals surface area contributed by atoms with Crippen molar-refractivity contribution in [3.63, 3.8) is 0 Å². The standard InChI is InChI=1S/C19H22ClN3O/c1-21-19(24)15-8-9-16(20)17(13-15)22-10-12-23-11-4-6-14-5-2-3-7-18(14)23/h2-3,5,7-9,13,22H,4,6,10-12H2,1H3,(H,21,24). The first kappa shape index (κ1) is 16.7. The maximum atomic E-state index is 11.7. The van der Waals surface area contributed by atoms with E-state index >= 15 is 0 Å². The van der Waals surface area contributed by atoms with Gasteiger partial charge < -0.3 is 15.5 Å². The second-order valence-electron chi connectivity index (χ2n) is 5.92. The Bertz CT molecular complexity index is 732. The third-order valence-electron chi connectivity index (χ3n) is 4.36. The molecule has 0 spiro atoms. The van der Waals surface area contributed by atoms with Crippen molar-refractivity contribution < 1.29 is 4.79 Å². The van der Waals surface area contributed by atoms with Gasteiger partial charge in [-0.1, -0.05) is 29.8 Å². The second-order valence-corrected chi connectivity index (χ2v) is 6.33. The summed E-state index contributed by atoms with van der Waals surface area (Å²) in [6.07, 6.45) is 2.34.